The van der Waals surface area contributed by atoms with Crippen molar-refractivity contribution in [1.29, 1.82) is 0 Å². The molecule has 0 bridgehead atoms. The highest BCUT2D eigenvalue weighted by molar-refractivity contribution is 6.30. The lowest BCUT2D eigenvalue weighted by Crippen LogP contribution is -2.42. The molecular formula is C7H10BNO4. The van der Waals surface area contributed by atoms with Crippen molar-refractivity contribution >= 4 is 25.6 Å². The first-order valence-electron chi connectivity index (χ1n) is 4.04. The van der Waals surface area contributed by atoms with E-state index >= 15 is 0 Å². The Bertz CT molecular complexity index is 278. The van der Waals surface area contributed by atoms with E-state index in [0.717, 1.165) is 4.90 Å². The molecule has 2 atom stereocenters. The summed E-state index contributed by atoms with van der Waals surface area (Å²) in [5.41, 5.74) is 0. The Labute approximate surface area is 76.1 Å². The number of hydrogen-bond acceptors (Lipinski definition) is 3. The summed E-state index contributed by atoms with van der Waals surface area (Å²) in [6, 6.07) is -1.05. The second kappa shape index (κ2) is 3.20. The molecule has 0 aliphatic carbocycles. The van der Waals surface area contributed by atoms with Crippen LogP contribution < -0.4 is 0 Å². The summed E-state index contributed by atoms with van der Waals surface area (Å²) in [6.45, 7) is 1.33. The molecule has 13 heavy (non-hydrogen) atoms. The molecule has 2 amide bonds. The van der Waals surface area contributed by atoms with Gasteiger partial charge in [0.1, 0.15) is 13.9 Å². The summed E-state index contributed by atoms with van der Waals surface area (Å²) in [5.74, 6) is -2.32. The third-order valence-electron chi connectivity index (χ3n) is 2.15. The van der Waals surface area contributed by atoms with Gasteiger partial charge in [-0.2, -0.15) is 0 Å². The monoisotopic (exact) mass is 183 g/mol. The van der Waals surface area contributed by atoms with Crippen LogP contribution in [0.15, 0.2) is 0 Å². The van der Waals surface area contributed by atoms with Crippen LogP contribution in [0.4, 0.5) is 0 Å². The molecule has 1 rings (SSSR count). The molecule has 1 saturated heterocycles. The van der Waals surface area contributed by atoms with E-state index in [4.69, 9.17) is 5.11 Å². The average Bonchev–Trinajstić information content (AvgIpc) is 2.26. The fourth-order valence-corrected chi connectivity index (χ4v) is 1.33. The molecule has 1 aliphatic rings. The number of nitrogens with zero attached hydrogens (tertiary/aromatic N) is 1. The Kier molecular flexibility index (Phi) is 2.40. The van der Waals surface area contributed by atoms with Crippen molar-refractivity contribution in [2.45, 2.75) is 25.2 Å². The average molecular weight is 183 g/mol. The van der Waals surface area contributed by atoms with Crippen LogP contribution in [0.2, 0.25) is 5.82 Å². The highest BCUT2D eigenvalue weighted by Gasteiger charge is 2.40. The fourth-order valence-electron chi connectivity index (χ4n) is 1.33. The first-order valence-corrected chi connectivity index (χ1v) is 4.04. The molecule has 1 aliphatic heterocycles. The highest BCUT2D eigenvalue weighted by Crippen LogP contribution is 2.23. The van der Waals surface area contributed by atoms with Crippen LogP contribution in [0, 0.1) is 0 Å². The largest absolute Gasteiger partial charge is 0.480 e. The fraction of sp³-hybridized carbons (Fsp3) is 0.571. The topological polar surface area (TPSA) is 74.7 Å². The molecule has 0 aromatic heterocycles. The molecule has 1 N–H and O–H groups in total. The zero-order valence-corrected chi connectivity index (χ0v) is 7.48. The molecule has 5 nitrogen and oxygen atoms in total. The number of carboxylic acid groups (broad SMARTS) is 1. The van der Waals surface area contributed by atoms with Gasteiger partial charge in [0, 0.05) is 12.2 Å². The number of hydrogen-bond donors (Lipinski definition) is 1. The predicted molar refractivity (Wildman–Crippen MR) is 45.9 cm³/mol. The van der Waals surface area contributed by atoms with E-state index in [1.165, 1.54) is 6.92 Å². The predicted octanol–water partition coefficient (Wildman–Crippen LogP) is -1.36. The number of carboxylic acids is 1. The van der Waals surface area contributed by atoms with Crippen molar-refractivity contribution < 1.29 is 19.5 Å². The zero-order valence-electron chi connectivity index (χ0n) is 7.48. The van der Waals surface area contributed by atoms with Crippen molar-refractivity contribution in [3.8, 4) is 0 Å². The maximum absolute atomic E-state index is 11.3. The minimum Gasteiger partial charge on any atom is -0.480 e. The molecular weight excluding hydrogens is 173 g/mol. The van der Waals surface area contributed by atoms with Gasteiger partial charge in [0.2, 0.25) is 11.8 Å². The standard InChI is InChI=1S/C7H10BNO4/c1-3(7(12)13)9-5(10)2-4(8)6(9)11/h3-4H,2,8H2,1H3,(H,12,13). The molecule has 0 aromatic carbocycles. The van der Waals surface area contributed by atoms with Gasteiger partial charge in [-0.3, -0.25) is 14.5 Å². The maximum atomic E-state index is 11.3. The van der Waals surface area contributed by atoms with Gasteiger partial charge in [-0.25, -0.2) is 4.79 Å². The van der Waals surface area contributed by atoms with Gasteiger partial charge in [-0.15, -0.1) is 0 Å². The van der Waals surface area contributed by atoms with Crippen LogP contribution >= 0.6 is 0 Å². The van der Waals surface area contributed by atoms with Crippen LogP contribution in [0.1, 0.15) is 13.3 Å². The number of carbonyl (C=O) groups excluding carboxylic acids is 2. The van der Waals surface area contributed by atoms with Crippen LogP contribution in [0.5, 0.6) is 0 Å². The molecule has 0 saturated carbocycles. The van der Waals surface area contributed by atoms with Gasteiger partial charge >= 0.3 is 5.97 Å². The van der Waals surface area contributed by atoms with Crippen molar-refractivity contribution in [3.63, 3.8) is 0 Å². The minimum absolute atomic E-state index is 0.121. The number of aliphatic carboxylic acids is 1. The van der Waals surface area contributed by atoms with Crippen LogP contribution in [0.25, 0.3) is 0 Å². The van der Waals surface area contributed by atoms with E-state index in [-0.39, 0.29) is 18.1 Å². The van der Waals surface area contributed by atoms with Gasteiger partial charge in [-0.1, -0.05) is 0 Å². The first kappa shape index (κ1) is 9.76. The Hall–Kier alpha value is -1.33. The van der Waals surface area contributed by atoms with Gasteiger partial charge in [0.25, 0.3) is 0 Å². The SMILES string of the molecule is BC1CC(=O)N(C(C)C(=O)O)C1=O. The van der Waals surface area contributed by atoms with Crippen molar-refractivity contribution in [1.82, 2.24) is 4.90 Å². The van der Waals surface area contributed by atoms with Crippen molar-refractivity contribution in [3.05, 3.63) is 0 Å². The number of amides is 2. The second-order valence-corrected chi connectivity index (χ2v) is 3.22. The number of likely N-dealkylation sites (tertiary alicyclic amines) is 1. The van der Waals surface area contributed by atoms with Gasteiger partial charge in [-0.05, 0) is 6.92 Å². The third-order valence-corrected chi connectivity index (χ3v) is 2.15. The normalized spacial score (nSPS) is 25.0. The third kappa shape index (κ3) is 1.56. The molecule has 0 spiro atoms. The Morgan fingerprint density at radius 3 is 2.54 bits per heavy atom. The smallest absolute Gasteiger partial charge is 0.326 e. The maximum Gasteiger partial charge on any atom is 0.326 e. The van der Waals surface area contributed by atoms with Crippen LogP contribution in [-0.2, 0) is 14.4 Å². The lowest BCUT2D eigenvalue weighted by Gasteiger charge is -2.18. The molecule has 2 unspecified atom stereocenters. The summed E-state index contributed by atoms with van der Waals surface area (Å²) >= 11 is 0. The lowest BCUT2D eigenvalue weighted by atomic mass is 9.86. The number of rotatable bonds is 2. The Balaban J connectivity index is 2.86. The van der Waals surface area contributed by atoms with Crippen molar-refractivity contribution in [2.24, 2.45) is 0 Å². The molecule has 0 radical (unpaired) electrons. The molecule has 1 heterocycles. The van der Waals surface area contributed by atoms with Crippen molar-refractivity contribution in [2.75, 3.05) is 0 Å². The molecule has 70 valence electrons. The van der Waals surface area contributed by atoms with E-state index in [2.05, 4.69) is 0 Å². The Morgan fingerprint density at radius 2 is 2.23 bits per heavy atom. The van der Waals surface area contributed by atoms with E-state index in [1.54, 1.807) is 7.85 Å². The van der Waals surface area contributed by atoms with Gasteiger partial charge in [0.05, 0.1) is 0 Å². The number of imide groups is 1. The summed E-state index contributed by atoms with van der Waals surface area (Å²) in [6.07, 6.45) is 0.121. The summed E-state index contributed by atoms with van der Waals surface area (Å²) in [4.78, 5) is 33.9. The summed E-state index contributed by atoms with van der Waals surface area (Å²) in [7, 11) is 1.62. The molecule has 0 aromatic rings. The van der Waals surface area contributed by atoms with E-state index < -0.39 is 17.9 Å². The summed E-state index contributed by atoms with van der Waals surface area (Å²) < 4.78 is 0. The minimum atomic E-state index is -1.16. The van der Waals surface area contributed by atoms with Crippen LogP contribution in [0.3, 0.4) is 0 Å². The van der Waals surface area contributed by atoms with Gasteiger partial charge < -0.3 is 5.11 Å². The van der Waals surface area contributed by atoms with Gasteiger partial charge in [0.15, 0.2) is 0 Å². The Morgan fingerprint density at radius 1 is 1.69 bits per heavy atom. The second-order valence-electron chi connectivity index (χ2n) is 3.22. The lowest BCUT2D eigenvalue weighted by molar-refractivity contribution is -0.153. The van der Waals surface area contributed by atoms with E-state index in [0.29, 0.717) is 0 Å². The molecule has 1 fully saturated rings. The highest BCUT2D eigenvalue weighted by atomic mass is 16.4. The van der Waals surface area contributed by atoms with E-state index in [9.17, 15) is 14.4 Å². The molecule has 6 heteroatoms. The quantitative estimate of drug-likeness (QED) is 0.423. The van der Waals surface area contributed by atoms with Crippen LogP contribution in [-0.4, -0.2) is 41.7 Å². The van der Waals surface area contributed by atoms with E-state index in [1.807, 2.05) is 0 Å². The number of carbonyl (C=O) groups is 3. The first-order chi connectivity index (χ1) is 5.95. The zero-order chi connectivity index (χ0) is 10.2. The summed E-state index contributed by atoms with van der Waals surface area (Å²) in [5, 5.41) is 8.62.